The first kappa shape index (κ1) is 8.62. The molecule has 7 nitrogen and oxygen atoms in total. The van der Waals surface area contributed by atoms with E-state index in [2.05, 4.69) is 15.5 Å². The first-order valence-corrected chi connectivity index (χ1v) is 3.35. The number of hydrogen-bond acceptors (Lipinski definition) is 5. The van der Waals surface area contributed by atoms with E-state index in [0.29, 0.717) is 0 Å². The van der Waals surface area contributed by atoms with Crippen LogP contribution in [0.1, 0.15) is 0 Å². The zero-order valence-corrected chi connectivity index (χ0v) is 6.29. The molecule has 1 aromatic heterocycles. The van der Waals surface area contributed by atoms with Crippen molar-refractivity contribution in [3.05, 3.63) is 10.4 Å². The van der Waals surface area contributed by atoms with E-state index in [9.17, 15) is 4.79 Å². The molecule has 0 radical (unpaired) electrons. The van der Waals surface area contributed by atoms with E-state index in [0.717, 1.165) is 0 Å². The average Bonchev–Trinajstić information content (AvgIpc) is 2.28. The number of aromatic amines is 2. The molecule has 8 N–H and O–H groups in total. The van der Waals surface area contributed by atoms with Crippen LogP contribution in [0, 0.1) is 0 Å². The quantitative estimate of drug-likeness (QED) is 0.293. The summed E-state index contributed by atoms with van der Waals surface area (Å²) in [6.45, 7) is 0.0745. The minimum absolute atomic E-state index is 0.0745. The minimum atomic E-state index is -1.02. The third-order valence-electron chi connectivity index (χ3n) is 1.30. The molecular weight excluding hydrogens is 162 g/mol. The van der Waals surface area contributed by atoms with Crippen molar-refractivity contribution in [2.24, 2.45) is 5.73 Å². The Kier molecular flexibility index (Phi) is 2.36. The van der Waals surface area contributed by atoms with Gasteiger partial charge in [0.15, 0.2) is 0 Å². The Morgan fingerprint density at radius 1 is 1.58 bits per heavy atom. The highest BCUT2D eigenvalue weighted by molar-refractivity contribution is 5.59. The minimum Gasteiger partial charge on any atom is -0.382 e. The van der Waals surface area contributed by atoms with Gasteiger partial charge in [0.2, 0.25) is 0 Å². The van der Waals surface area contributed by atoms with E-state index in [4.69, 9.17) is 16.6 Å². The van der Waals surface area contributed by atoms with Crippen LogP contribution >= 0.6 is 0 Å². The fraction of sp³-hybridized carbons (Fsp3) is 0.400. The monoisotopic (exact) mass is 173 g/mol. The first-order chi connectivity index (χ1) is 5.61. The van der Waals surface area contributed by atoms with Crippen LogP contribution in [-0.2, 0) is 0 Å². The van der Waals surface area contributed by atoms with Gasteiger partial charge in [0, 0.05) is 0 Å². The first-order valence-electron chi connectivity index (χ1n) is 3.35. The van der Waals surface area contributed by atoms with Gasteiger partial charge in [-0.3, -0.25) is 15.0 Å². The van der Waals surface area contributed by atoms with E-state index >= 15 is 0 Å². The van der Waals surface area contributed by atoms with Gasteiger partial charge >= 0.3 is 0 Å². The predicted octanol–water partition coefficient (Wildman–Crippen LogP) is -2.03. The summed E-state index contributed by atoms with van der Waals surface area (Å²) in [5.74, 6) is 0.195. The smallest absolute Gasteiger partial charge is 0.289 e. The predicted molar refractivity (Wildman–Crippen MR) is 44.5 cm³/mol. The molecule has 0 spiro atoms. The highest BCUT2D eigenvalue weighted by Crippen LogP contribution is 2.05. The second-order valence-electron chi connectivity index (χ2n) is 2.32. The number of anilines is 2. The molecule has 0 saturated heterocycles. The lowest BCUT2D eigenvalue weighted by atomic mass is 10.4. The van der Waals surface area contributed by atoms with Gasteiger partial charge in [0.05, 0.1) is 6.54 Å². The Morgan fingerprint density at radius 2 is 2.25 bits per heavy atom. The highest BCUT2D eigenvalue weighted by atomic mass is 16.3. The molecule has 1 atom stereocenters. The lowest BCUT2D eigenvalue weighted by Crippen LogP contribution is -2.29. The number of aliphatic hydroxyl groups is 1. The molecule has 0 amide bonds. The van der Waals surface area contributed by atoms with Crippen molar-refractivity contribution in [2.75, 3.05) is 17.6 Å². The lowest BCUT2D eigenvalue weighted by molar-refractivity contribution is 0.196. The van der Waals surface area contributed by atoms with E-state index in [-0.39, 0.29) is 23.6 Å². The van der Waals surface area contributed by atoms with E-state index in [1.165, 1.54) is 0 Å². The van der Waals surface area contributed by atoms with Crippen molar-refractivity contribution in [1.29, 1.82) is 0 Å². The van der Waals surface area contributed by atoms with Gasteiger partial charge in [-0.2, -0.15) is 0 Å². The number of rotatable bonds is 3. The van der Waals surface area contributed by atoms with Gasteiger partial charge < -0.3 is 21.9 Å². The van der Waals surface area contributed by atoms with Crippen molar-refractivity contribution < 1.29 is 5.11 Å². The van der Waals surface area contributed by atoms with Crippen molar-refractivity contribution in [2.45, 2.75) is 6.23 Å². The molecule has 68 valence electrons. The SMILES string of the molecule is Nc1[nH][nH]c(=O)c1NCC(N)O. The summed E-state index contributed by atoms with van der Waals surface area (Å²) in [6.07, 6.45) is -1.02. The molecule has 0 aliphatic carbocycles. The normalized spacial score (nSPS) is 12.8. The molecule has 0 saturated carbocycles. The number of nitrogens with one attached hydrogen (secondary N) is 3. The molecule has 0 bridgehead atoms. The Balaban J connectivity index is 2.68. The van der Waals surface area contributed by atoms with E-state index < -0.39 is 6.23 Å². The Morgan fingerprint density at radius 3 is 2.67 bits per heavy atom. The highest BCUT2D eigenvalue weighted by Gasteiger charge is 2.06. The van der Waals surface area contributed by atoms with Crippen molar-refractivity contribution >= 4 is 11.5 Å². The Bertz CT molecular complexity index is 301. The van der Waals surface area contributed by atoms with Gasteiger partial charge in [-0.05, 0) is 0 Å². The molecule has 7 heteroatoms. The molecule has 0 fully saturated rings. The maximum Gasteiger partial charge on any atom is 0.289 e. The van der Waals surface area contributed by atoms with Gasteiger partial charge in [-0.1, -0.05) is 0 Å². The third-order valence-corrected chi connectivity index (χ3v) is 1.30. The number of aromatic nitrogens is 2. The van der Waals surface area contributed by atoms with Crippen LogP contribution in [0.2, 0.25) is 0 Å². The maximum atomic E-state index is 10.9. The summed E-state index contributed by atoms with van der Waals surface area (Å²) in [7, 11) is 0. The van der Waals surface area contributed by atoms with Gasteiger partial charge in [0.25, 0.3) is 5.56 Å². The molecule has 0 aliphatic rings. The topological polar surface area (TPSA) is 133 Å². The zero-order valence-electron chi connectivity index (χ0n) is 6.29. The lowest BCUT2D eigenvalue weighted by Gasteiger charge is -2.05. The third kappa shape index (κ3) is 1.77. The maximum absolute atomic E-state index is 10.9. The molecular formula is C5H11N5O2. The van der Waals surface area contributed by atoms with Crippen LogP contribution in [0.4, 0.5) is 11.5 Å². The number of nitrogens with two attached hydrogens (primary N) is 2. The Hall–Kier alpha value is -1.47. The van der Waals surface area contributed by atoms with Crippen LogP contribution < -0.4 is 22.3 Å². The summed E-state index contributed by atoms with van der Waals surface area (Å²) in [4.78, 5) is 10.9. The van der Waals surface area contributed by atoms with E-state index in [1.54, 1.807) is 0 Å². The van der Waals surface area contributed by atoms with Crippen molar-refractivity contribution in [1.82, 2.24) is 10.2 Å². The van der Waals surface area contributed by atoms with Gasteiger partial charge in [-0.15, -0.1) is 0 Å². The number of H-pyrrole nitrogens is 2. The summed E-state index contributed by atoms with van der Waals surface area (Å²) >= 11 is 0. The van der Waals surface area contributed by atoms with Crippen molar-refractivity contribution in [3.8, 4) is 0 Å². The van der Waals surface area contributed by atoms with Crippen LogP contribution in [0.25, 0.3) is 0 Å². The van der Waals surface area contributed by atoms with Gasteiger partial charge in [-0.25, -0.2) is 0 Å². The average molecular weight is 173 g/mol. The molecule has 1 unspecified atom stereocenters. The second-order valence-corrected chi connectivity index (χ2v) is 2.32. The number of hydrogen-bond donors (Lipinski definition) is 6. The summed E-state index contributed by atoms with van der Waals surface area (Å²) in [5.41, 5.74) is 10.2. The molecule has 0 aliphatic heterocycles. The molecule has 1 heterocycles. The molecule has 12 heavy (non-hydrogen) atoms. The largest absolute Gasteiger partial charge is 0.382 e. The fourth-order valence-corrected chi connectivity index (χ4v) is 0.754. The van der Waals surface area contributed by atoms with Crippen molar-refractivity contribution in [3.63, 3.8) is 0 Å². The summed E-state index contributed by atoms with van der Waals surface area (Å²) in [5, 5.41) is 16.0. The van der Waals surface area contributed by atoms with E-state index in [1.807, 2.05) is 0 Å². The standard InChI is InChI=1S/C5H11N5O2/c6-2(11)1-8-3-4(7)9-10-5(3)12/h2,8,11H,1,6H2,(H4,7,9,10,12). The summed E-state index contributed by atoms with van der Waals surface area (Å²) < 4.78 is 0. The number of nitrogen functional groups attached to an aromatic ring is 1. The van der Waals surface area contributed by atoms with Gasteiger partial charge in [0.1, 0.15) is 17.7 Å². The summed E-state index contributed by atoms with van der Waals surface area (Å²) in [6, 6.07) is 0. The van der Waals surface area contributed by atoms with Crippen LogP contribution in [0.15, 0.2) is 4.79 Å². The fourth-order valence-electron chi connectivity index (χ4n) is 0.754. The number of aliphatic hydroxyl groups excluding tert-OH is 1. The van der Waals surface area contributed by atoms with Crippen LogP contribution in [0.5, 0.6) is 0 Å². The van der Waals surface area contributed by atoms with Crippen LogP contribution in [0.3, 0.4) is 0 Å². The molecule has 1 aromatic rings. The zero-order chi connectivity index (χ0) is 9.14. The van der Waals surface area contributed by atoms with Crippen LogP contribution in [-0.4, -0.2) is 28.1 Å². The Labute approximate surface area is 67.7 Å². The second kappa shape index (κ2) is 3.28. The molecule has 1 rings (SSSR count). The molecule has 0 aromatic carbocycles.